The fourth-order valence-electron chi connectivity index (χ4n) is 0.548. The number of hydrogen-bond acceptors (Lipinski definition) is 1. The van der Waals surface area contributed by atoms with Crippen LogP contribution in [0.3, 0.4) is 0 Å². The molecule has 0 unspecified atom stereocenters. The lowest BCUT2D eigenvalue weighted by molar-refractivity contribution is 0.129. The first kappa shape index (κ1) is 8.96. The van der Waals surface area contributed by atoms with Crippen molar-refractivity contribution in [3.63, 3.8) is 0 Å². The summed E-state index contributed by atoms with van der Waals surface area (Å²) >= 11 is 0. The largest absolute Gasteiger partial charge is 0.373 e. The number of unbranched alkanes of at least 4 members (excludes halogenated alkanes) is 2. The standard InChI is InChI=1S/C8H17O/c1-4-5-6-7-9-8(2)3/h7-8H,4-6H2,1-3H3. The highest BCUT2D eigenvalue weighted by atomic mass is 16.5. The van der Waals surface area contributed by atoms with E-state index in [1.807, 2.05) is 20.5 Å². The lowest BCUT2D eigenvalue weighted by Crippen LogP contribution is -1.98. The first-order chi connectivity index (χ1) is 4.27. The first-order valence-electron chi connectivity index (χ1n) is 3.74. The summed E-state index contributed by atoms with van der Waals surface area (Å²) in [6.45, 7) is 8.18. The first-order valence-corrected chi connectivity index (χ1v) is 3.74. The highest BCUT2D eigenvalue weighted by Gasteiger charge is 1.91. The molecular formula is C8H17O. The highest BCUT2D eigenvalue weighted by Crippen LogP contribution is 2.00. The fourth-order valence-corrected chi connectivity index (χ4v) is 0.548. The maximum absolute atomic E-state index is 5.22. The molecule has 0 aliphatic rings. The minimum absolute atomic E-state index is 0.349. The molecule has 0 aromatic heterocycles. The molecular weight excluding hydrogens is 112 g/mol. The maximum atomic E-state index is 5.22. The van der Waals surface area contributed by atoms with Crippen molar-refractivity contribution in [2.24, 2.45) is 0 Å². The molecule has 0 heterocycles. The molecule has 1 heteroatoms. The van der Waals surface area contributed by atoms with Gasteiger partial charge in [-0.15, -0.1) is 0 Å². The average Bonchev–Trinajstić information content (AvgIpc) is 1.80. The van der Waals surface area contributed by atoms with Crippen LogP contribution < -0.4 is 0 Å². The molecule has 0 amide bonds. The zero-order valence-electron chi connectivity index (χ0n) is 6.68. The number of rotatable bonds is 5. The molecule has 0 aromatic rings. The fraction of sp³-hybridized carbons (Fsp3) is 0.875. The highest BCUT2D eigenvalue weighted by molar-refractivity contribution is 4.51. The SMILES string of the molecule is CCCC[CH]OC(C)C. The van der Waals surface area contributed by atoms with Crippen LogP contribution in [0.2, 0.25) is 0 Å². The smallest absolute Gasteiger partial charge is 0.0840 e. The summed E-state index contributed by atoms with van der Waals surface area (Å²) in [4.78, 5) is 0. The van der Waals surface area contributed by atoms with Crippen molar-refractivity contribution in [3.8, 4) is 0 Å². The van der Waals surface area contributed by atoms with Crippen LogP contribution in [0.5, 0.6) is 0 Å². The Bertz CT molecular complexity index is 50.5. The predicted molar refractivity (Wildman–Crippen MR) is 40.0 cm³/mol. The van der Waals surface area contributed by atoms with Gasteiger partial charge in [-0.3, -0.25) is 0 Å². The molecule has 0 N–H and O–H groups in total. The van der Waals surface area contributed by atoms with Gasteiger partial charge in [0.15, 0.2) is 0 Å². The average molecular weight is 129 g/mol. The topological polar surface area (TPSA) is 9.23 Å². The van der Waals surface area contributed by atoms with E-state index in [0.29, 0.717) is 6.10 Å². The minimum atomic E-state index is 0.349. The third-order valence-corrected chi connectivity index (χ3v) is 1.04. The van der Waals surface area contributed by atoms with E-state index < -0.39 is 0 Å². The van der Waals surface area contributed by atoms with E-state index in [1.54, 1.807) is 0 Å². The molecule has 0 spiro atoms. The van der Waals surface area contributed by atoms with E-state index in [1.165, 1.54) is 12.8 Å². The van der Waals surface area contributed by atoms with E-state index in [0.717, 1.165) is 6.42 Å². The quantitative estimate of drug-likeness (QED) is 0.519. The van der Waals surface area contributed by atoms with E-state index in [4.69, 9.17) is 4.74 Å². The predicted octanol–water partition coefficient (Wildman–Crippen LogP) is 2.76. The van der Waals surface area contributed by atoms with Crippen LogP contribution in [-0.2, 0) is 4.74 Å². The molecule has 0 fully saturated rings. The van der Waals surface area contributed by atoms with E-state index in [2.05, 4.69) is 6.92 Å². The lowest BCUT2D eigenvalue weighted by atomic mass is 10.3. The van der Waals surface area contributed by atoms with Gasteiger partial charge in [0.1, 0.15) is 0 Å². The Balaban J connectivity index is 2.75. The summed E-state index contributed by atoms with van der Waals surface area (Å²) in [6.07, 6.45) is 3.93. The van der Waals surface area contributed by atoms with E-state index in [-0.39, 0.29) is 0 Å². The molecule has 0 atom stereocenters. The van der Waals surface area contributed by atoms with Gasteiger partial charge in [-0.05, 0) is 20.3 Å². The van der Waals surface area contributed by atoms with Gasteiger partial charge in [0.2, 0.25) is 0 Å². The maximum Gasteiger partial charge on any atom is 0.0840 e. The molecule has 0 aromatic carbocycles. The Morgan fingerprint density at radius 3 is 2.56 bits per heavy atom. The Labute approximate surface area is 58.4 Å². The summed E-state index contributed by atoms with van der Waals surface area (Å²) in [5.74, 6) is 0. The van der Waals surface area contributed by atoms with Gasteiger partial charge in [0.25, 0.3) is 0 Å². The van der Waals surface area contributed by atoms with Crippen LogP contribution in [0, 0.1) is 6.61 Å². The van der Waals surface area contributed by atoms with Crippen LogP contribution >= 0.6 is 0 Å². The summed E-state index contributed by atoms with van der Waals surface area (Å²) in [5.41, 5.74) is 0. The van der Waals surface area contributed by atoms with Crippen LogP contribution in [0.15, 0.2) is 0 Å². The number of ether oxygens (including phenoxy) is 1. The summed E-state index contributed by atoms with van der Waals surface area (Å²) in [7, 11) is 0. The summed E-state index contributed by atoms with van der Waals surface area (Å²) in [6, 6.07) is 0. The second-order valence-corrected chi connectivity index (χ2v) is 2.49. The third-order valence-electron chi connectivity index (χ3n) is 1.04. The van der Waals surface area contributed by atoms with Gasteiger partial charge >= 0.3 is 0 Å². The summed E-state index contributed by atoms with van der Waals surface area (Å²) in [5, 5.41) is 0. The van der Waals surface area contributed by atoms with Crippen molar-refractivity contribution in [1.29, 1.82) is 0 Å². The van der Waals surface area contributed by atoms with Crippen molar-refractivity contribution < 1.29 is 4.74 Å². The molecule has 0 rings (SSSR count). The van der Waals surface area contributed by atoms with Crippen LogP contribution in [0.4, 0.5) is 0 Å². The van der Waals surface area contributed by atoms with Crippen molar-refractivity contribution in [1.82, 2.24) is 0 Å². The molecule has 0 saturated carbocycles. The van der Waals surface area contributed by atoms with Crippen molar-refractivity contribution in [2.75, 3.05) is 0 Å². The zero-order valence-corrected chi connectivity index (χ0v) is 6.68. The molecule has 9 heavy (non-hydrogen) atoms. The van der Waals surface area contributed by atoms with Crippen molar-refractivity contribution in [3.05, 3.63) is 6.61 Å². The Hall–Kier alpha value is -0.0400. The third kappa shape index (κ3) is 7.96. The van der Waals surface area contributed by atoms with Gasteiger partial charge < -0.3 is 4.74 Å². The van der Waals surface area contributed by atoms with Crippen LogP contribution in [0.1, 0.15) is 40.0 Å². The monoisotopic (exact) mass is 129 g/mol. The lowest BCUT2D eigenvalue weighted by Gasteiger charge is -2.04. The molecule has 0 aliphatic heterocycles. The molecule has 1 nitrogen and oxygen atoms in total. The van der Waals surface area contributed by atoms with Crippen molar-refractivity contribution >= 4 is 0 Å². The van der Waals surface area contributed by atoms with Crippen LogP contribution in [0.25, 0.3) is 0 Å². The van der Waals surface area contributed by atoms with Gasteiger partial charge in [0, 0.05) is 0 Å². The van der Waals surface area contributed by atoms with Gasteiger partial charge in [-0.1, -0.05) is 19.8 Å². The zero-order chi connectivity index (χ0) is 7.11. The van der Waals surface area contributed by atoms with E-state index in [9.17, 15) is 0 Å². The van der Waals surface area contributed by atoms with Gasteiger partial charge in [0.05, 0.1) is 12.7 Å². The normalized spacial score (nSPS) is 10.7. The molecule has 0 bridgehead atoms. The summed E-state index contributed by atoms with van der Waals surface area (Å²) < 4.78 is 5.22. The molecule has 1 radical (unpaired) electrons. The van der Waals surface area contributed by atoms with Gasteiger partial charge in [-0.2, -0.15) is 0 Å². The Kier molecular flexibility index (Phi) is 6.06. The second kappa shape index (κ2) is 6.09. The van der Waals surface area contributed by atoms with E-state index >= 15 is 0 Å². The second-order valence-electron chi connectivity index (χ2n) is 2.49. The van der Waals surface area contributed by atoms with Crippen molar-refractivity contribution in [2.45, 2.75) is 46.1 Å². The minimum Gasteiger partial charge on any atom is -0.373 e. The molecule has 0 saturated heterocycles. The Morgan fingerprint density at radius 2 is 2.11 bits per heavy atom. The van der Waals surface area contributed by atoms with Crippen LogP contribution in [-0.4, -0.2) is 6.10 Å². The Morgan fingerprint density at radius 1 is 1.44 bits per heavy atom. The molecule has 0 aliphatic carbocycles. The molecule has 55 valence electrons. The number of hydrogen-bond donors (Lipinski definition) is 0. The van der Waals surface area contributed by atoms with Gasteiger partial charge in [-0.25, -0.2) is 0 Å².